The van der Waals surface area contributed by atoms with Gasteiger partial charge in [-0.25, -0.2) is 18.2 Å². The summed E-state index contributed by atoms with van der Waals surface area (Å²) in [6.07, 6.45) is 1.61. The molecule has 1 amide bonds. The third-order valence-electron chi connectivity index (χ3n) is 4.69. The monoisotopic (exact) mass is 451 g/mol. The normalized spacial score (nSPS) is 14.5. The van der Waals surface area contributed by atoms with E-state index in [1.807, 2.05) is 0 Å². The van der Waals surface area contributed by atoms with Crippen molar-refractivity contribution in [2.24, 2.45) is 0 Å². The highest BCUT2D eigenvalue weighted by molar-refractivity contribution is 7.89. The first-order chi connectivity index (χ1) is 14.2. The Labute approximate surface area is 180 Å². The van der Waals surface area contributed by atoms with Gasteiger partial charge in [0.05, 0.1) is 22.9 Å². The maximum atomic E-state index is 12.8. The Bertz CT molecular complexity index is 1080. The Hall–Kier alpha value is -2.49. The Morgan fingerprint density at radius 3 is 2.53 bits per heavy atom. The highest BCUT2D eigenvalue weighted by atomic mass is 35.5. The maximum Gasteiger partial charge on any atom is 0.339 e. The SMILES string of the molecule is CCOC(=O)c1ccc(C(=O)Nc2ccc(Cl)c(S(=O)(=O)N3CCCC3)c2)nc1C. The lowest BCUT2D eigenvalue weighted by Crippen LogP contribution is -2.28. The zero-order valence-corrected chi connectivity index (χ0v) is 18.2. The number of carbonyl (C=O) groups excluding carboxylic acids is 2. The number of amides is 1. The number of carbonyl (C=O) groups is 2. The fraction of sp³-hybridized carbons (Fsp3) is 0.350. The first-order valence-corrected chi connectivity index (χ1v) is 11.3. The van der Waals surface area contributed by atoms with Crippen LogP contribution in [0.4, 0.5) is 5.69 Å². The molecule has 0 radical (unpaired) electrons. The highest BCUT2D eigenvalue weighted by Crippen LogP contribution is 2.29. The van der Waals surface area contributed by atoms with E-state index in [9.17, 15) is 18.0 Å². The molecule has 1 saturated heterocycles. The third kappa shape index (κ3) is 4.63. The number of ether oxygens (including phenoxy) is 1. The van der Waals surface area contributed by atoms with E-state index in [-0.39, 0.29) is 33.5 Å². The molecule has 2 aromatic rings. The lowest BCUT2D eigenvalue weighted by Gasteiger charge is -2.17. The summed E-state index contributed by atoms with van der Waals surface area (Å²) in [5.41, 5.74) is 0.990. The number of esters is 1. The van der Waals surface area contributed by atoms with Crippen LogP contribution in [-0.2, 0) is 14.8 Å². The standard InChI is InChI=1S/C20H22ClN3O5S/c1-3-29-20(26)15-7-9-17(22-13(15)2)19(25)23-14-6-8-16(21)18(12-14)30(27,28)24-10-4-5-11-24/h6-9,12H,3-5,10-11H2,1-2H3,(H,23,25). The van der Waals surface area contributed by atoms with Crippen LogP contribution in [0.5, 0.6) is 0 Å². The summed E-state index contributed by atoms with van der Waals surface area (Å²) in [6.45, 7) is 4.44. The van der Waals surface area contributed by atoms with E-state index in [4.69, 9.17) is 16.3 Å². The summed E-state index contributed by atoms with van der Waals surface area (Å²) in [5.74, 6) is -1.05. The largest absolute Gasteiger partial charge is 0.462 e. The molecule has 1 N–H and O–H groups in total. The van der Waals surface area contributed by atoms with E-state index in [2.05, 4.69) is 10.3 Å². The zero-order chi connectivity index (χ0) is 21.9. The first-order valence-electron chi connectivity index (χ1n) is 9.50. The number of hydrogen-bond donors (Lipinski definition) is 1. The van der Waals surface area contributed by atoms with Gasteiger partial charge in [-0.1, -0.05) is 11.6 Å². The highest BCUT2D eigenvalue weighted by Gasteiger charge is 2.29. The van der Waals surface area contributed by atoms with Crippen molar-refractivity contribution in [3.8, 4) is 0 Å². The lowest BCUT2D eigenvalue weighted by molar-refractivity contribution is 0.0524. The number of sulfonamides is 1. The Morgan fingerprint density at radius 1 is 1.20 bits per heavy atom. The molecule has 0 spiro atoms. The molecular formula is C20H22ClN3O5S. The molecule has 160 valence electrons. The number of aryl methyl sites for hydroxylation is 1. The molecule has 1 aliphatic rings. The molecule has 0 unspecified atom stereocenters. The molecule has 0 aliphatic carbocycles. The van der Waals surface area contributed by atoms with Gasteiger partial charge in [-0.15, -0.1) is 0 Å². The van der Waals surface area contributed by atoms with E-state index in [1.165, 1.54) is 34.6 Å². The molecule has 10 heteroatoms. The van der Waals surface area contributed by atoms with E-state index < -0.39 is 21.9 Å². The summed E-state index contributed by atoms with van der Waals surface area (Å²) in [4.78, 5) is 28.6. The van der Waals surface area contributed by atoms with Crippen molar-refractivity contribution < 1.29 is 22.7 Å². The Kier molecular flexibility index (Phi) is 6.74. The van der Waals surface area contributed by atoms with Crippen LogP contribution in [-0.4, -0.2) is 49.3 Å². The van der Waals surface area contributed by atoms with Gasteiger partial charge >= 0.3 is 5.97 Å². The summed E-state index contributed by atoms with van der Waals surface area (Å²) in [5, 5.41) is 2.72. The van der Waals surface area contributed by atoms with Gasteiger partial charge in [-0.05, 0) is 57.0 Å². The van der Waals surface area contributed by atoms with Gasteiger partial charge < -0.3 is 10.1 Å². The van der Waals surface area contributed by atoms with Crippen molar-refractivity contribution in [2.75, 3.05) is 25.0 Å². The second kappa shape index (κ2) is 9.11. The van der Waals surface area contributed by atoms with Gasteiger partial charge in [-0.3, -0.25) is 4.79 Å². The fourth-order valence-electron chi connectivity index (χ4n) is 3.15. The molecule has 1 fully saturated rings. The molecule has 2 heterocycles. The van der Waals surface area contributed by atoms with Crippen molar-refractivity contribution in [2.45, 2.75) is 31.6 Å². The molecule has 1 aromatic heterocycles. The van der Waals surface area contributed by atoms with Crippen molar-refractivity contribution in [1.29, 1.82) is 0 Å². The van der Waals surface area contributed by atoms with Gasteiger partial charge in [0, 0.05) is 18.8 Å². The van der Waals surface area contributed by atoms with Crippen LogP contribution in [0.25, 0.3) is 0 Å². The molecular weight excluding hydrogens is 430 g/mol. The number of nitrogens with zero attached hydrogens (tertiary/aromatic N) is 2. The Balaban J connectivity index is 1.82. The number of pyridine rings is 1. The van der Waals surface area contributed by atoms with Crippen LogP contribution in [0.15, 0.2) is 35.2 Å². The van der Waals surface area contributed by atoms with Gasteiger partial charge in [0.15, 0.2) is 0 Å². The second-order valence-electron chi connectivity index (χ2n) is 6.76. The van der Waals surface area contributed by atoms with E-state index in [1.54, 1.807) is 13.8 Å². The van der Waals surface area contributed by atoms with Crippen LogP contribution in [0.1, 0.15) is 46.3 Å². The molecule has 0 saturated carbocycles. The zero-order valence-electron chi connectivity index (χ0n) is 16.6. The lowest BCUT2D eigenvalue weighted by atomic mass is 10.2. The van der Waals surface area contributed by atoms with Crippen molar-refractivity contribution >= 4 is 39.2 Å². The predicted octanol–water partition coefficient (Wildman–Crippen LogP) is 3.26. The maximum absolute atomic E-state index is 12.8. The van der Waals surface area contributed by atoms with Gasteiger partial charge in [0.25, 0.3) is 5.91 Å². The van der Waals surface area contributed by atoms with Crippen molar-refractivity contribution in [3.05, 3.63) is 52.3 Å². The molecule has 30 heavy (non-hydrogen) atoms. The minimum atomic E-state index is -3.74. The number of rotatable bonds is 6. The average Bonchev–Trinajstić information content (AvgIpc) is 3.25. The molecule has 0 atom stereocenters. The summed E-state index contributed by atoms with van der Waals surface area (Å²) < 4.78 is 32.0. The summed E-state index contributed by atoms with van der Waals surface area (Å²) in [6, 6.07) is 7.17. The van der Waals surface area contributed by atoms with E-state index in [0.717, 1.165) is 12.8 Å². The van der Waals surface area contributed by atoms with Crippen LogP contribution in [0.3, 0.4) is 0 Å². The minimum absolute atomic E-state index is 0.0503. The van der Waals surface area contributed by atoms with Crippen LogP contribution < -0.4 is 5.32 Å². The predicted molar refractivity (Wildman–Crippen MR) is 112 cm³/mol. The molecule has 8 nitrogen and oxygen atoms in total. The number of hydrogen-bond acceptors (Lipinski definition) is 6. The first kappa shape index (κ1) is 22.2. The van der Waals surface area contributed by atoms with Crippen LogP contribution in [0.2, 0.25) is 5.02 Å². The van der Waals surface area contributed by atoms with E-state index >= 15 is 0 Å². The third-order valence-corrected chi connectivity index (χ3v) is 7.07. The second-order valence-corrected chi connectivity index (χ2v) is 9.07. The number of anilines is 1. The molecule has 1 aromatic carbocycles. The topological polar surface area (TPSA) is 106 Å². The van der Waals surface area contributed by atoms with Crippen molar-refractivity contribution in [3.63, 3.8) is 0 Å². The summed E-state index contributed by atoms with van der Waals surface area (Å²) >= 11 is 6.13. The average molecular weight is 452 g/mol. The molecule has 3 rings (SSSR count). The fourth-order valence-corrected chi connectivity index (χ4v) is 5.17. The molecule has 1 aliphatic heterocycles. The number of nitrogens with one attached hydrogen (secondary N) is 1. The van der Waals surface area contributed by atoms with Crippen molar-refractivity contribution in [1.82, 2.24) is 9.29 Å². The number of benzene rings is 1. The van der Waals surface area contributed by atoms with Gasteiger partial charge in [0.1, 0.15) is 10.6 Å². The van der Waals surface area contributed by atoms with Crippen LogP contribution in [0, 0.1) is 6.92 Å². The minimum Gasteiger partial charge on any atom is -0.462 e. The van der Waals surface area contributed by atoms with Crippen LogP contribution >= 0.6 is 11.6 Å². The van der Waals surface area contributed by atoms with Gasteiger partial charge in [0.2, 0.25) is 10.0 Å². The Morgan fingerprint density at radius 2 is 1.90 bits per heavy atom. The number of halogens is 1. The quantitative estimate of drug-likeness (QED) is 0.676. The van der Waals surface area contributed by atoms with E-state index in [0.29, 0.717) is 18.8 Å². The van der Waals surface area contributed by atoms with Gasteiger partial charge in [-0.2, -0.15) is 4.31 Å². The number of aromatic nitrogens is 1. The smallest absolute Gasteiger partial charge is 0.339 e. The summed E-state index contributed by atoms with van der Waals surface area (Å²) in [7, 11) is -3.74. The molecule has 0 bridgehead atoms.